The molecule has 110 valence electrons. The van der Waals surface area contributed by atoms with Crippen molar-refractivity contribution < 1.29 is 14.8 Å². The molecule has 0 aliphatic carbocycles. The maximum Gasteiger partial charge on any atom is 0.270 e. The van der Waals surface area contributed by atoms with Crippen LogP contribution in [0.4, 0.5) is 5.69 Å². The van der Waals surface area contributed by atoms with E-state index in [2.05, 4.69) is 21.2 Å². The molecular weight excluding hydrogens is 328 g/mol. The van der Waals surface area contributed by atoms with Gasteiger partial charge in [-0.1, -0.05) is 20.8 Å². The standard InChI is InChI=1S/C13H17BrN2O4/c1-13(2,3)11(17)7-15-12(18)9-5-4-8(16(19)20)6-10(9)14/h4-6,11,17H,7H2,1-3H3,(H,15,18). The van der Waals surface area contributed by atoms with E-state index in [0.29, 0.717) is 4.47 Å². The van der Waals surface area contributed by atoms with Gasteiger partial charge in [0.25, 0.3) is 11.6 Å². The van der Waals surface area contributed by atoms with Crippen LogP contribution in [0.3, 0.4) is 0 Å². The van der Waals surface area contributed by atoms with Gasteiger partial charge in [-0.2, -0.15) is 0 Å². The molecular formula is C13H17BrN2O4. The Morgan fingerprint density at radius 2 is 2.10 bits per heavy atom. The van der Waals surface area contributed by atoms with Crippen LogP contribution in [0, 0.1) is 15.5 Å². The van der Waals surface area contributed by atoms with Crippen molar-refractivity contribution in [2.75, 3.05) is 6.54 Å². The highest BCUT2D eigenvalue weighted by Crippen LogP contribution is 2.23. The molecule has 1 amide bonds. The first-order valence-corrected chi connectivity index (χ1v) is 6.82. The van der Waals surface area contributed by atoms with Crippen molar-refractivity contribution >= 4 is 27.5 Å². The predicted molar refractivity (Wildman–Crippen MR) is 78.6 cm³/mol. The van der Waals surface area contributed by atoms with Gasteiger partial charge in [-0.05, 0) is 27.4 Å². The van der Waals surface area contributed by atoms with Gasteiger partial charge in [0.1, 0.15) is 0 Å². The monoisotopic (exact) mass is 344 g/mol. The quantitative estimate of drug-likeness (QED) is 0.648. The molecule has 1 rings (SSSR count). The Hall–Kier alpha value is -1.47. The van der Waals surface area contributed by atoms with Crippen molar-refractivity contribution in [1.29, 1.82) is 0 Å². The number of carbonyl (C=O) groups excluding carboxylic acids is 1. The summed E-state index contributed by atoms with van der Waals surface area (Å²) in [5.41, 5.74) is -0.139. The Morgan fingerprint density at radius 3 is 2.55 bits per heavy atom. The summed E-state index contributed by atoms with van der Waals surface area (Å²) in [7, 11) is 0. The average Bonchev–Trinajstić information content (AvgIpc) is 2.33. The summed E-state index contributed by atoms with van der Waals surface area (Å²) < 4.78 is 0.342. The van der Waals surface area contributed by atoms with Crippen LogP contribution in [-0.4, -0.2) is 28.6 Å². The molecule has 1 atom stereocenters. The van der Waals surface area contributed by atoms with E-state index in [4.69, 9.17) is 0 Å². The Labute approximate surface area is 125 Å². The Balaban J connectivity index is 2.76. The number of benzene rings is 1. The lowest BCUT2D eigenvalue weighted by Crippen LogP contribution is -2.39. The van der Waals surface area contributed by atoms with Crippen LogP contribution in [-0.2, 0) is 0 Å². The third-order valence-electron chi connectivity index (χ3n) is 2.86. The lowest BCUT2D eigenvalue weighted by atomic mass is 9.89. The van der Waals surface area contributed by atoms with Crippen LogP contribution in [0.2, 0.25) is 0 Å². The molecule has 2 N–H and O–H groups in total. The van der Waals surface area contributed by atoms with E-state index in [1.54, 1.807) is 0 Å². The summed E-state index contributed by atoms with van der Waals surface area (Å²) in [5.74, 6) is -0.393. The van der Waals surface area contributed by atoms with Crippen LogP contribution in [0.5, 0.6) is 0 Å². The minimum absolute atomic E-state index is 0.0943. The smallest absolute Gasteiger partial charge is 0.270 e. The maximum atomic E-state index is 12.0. The minimum Gasteiger partial charge on any atom is -0.391 e. The zero-order valence-corrected chi connectivity index (χ0v) is 13.1. The second kappa shape index (κ2) is 6.32. The number of nitrogens with one attached hydrogen (secondary N) is 1. The Bertz CT molecular complexity index is 526. The largest absolute Gasteiger partial charge is 0.391 e. The molecule has 1 unspecified atom stereocenters. The zero-order valence-electron chi connectivity index (χ0n) is 11.5. The van der Waals surface area contributed by atoms with Crippen molar-refractivity contribution in [2.24, 2.45) is 5.41 Å². The third kappa shape index (κ3) is 4.28. The van der Waals surface area contributed by atoms with Gasteiger partial charge in [0, 0.05) is 23.2 Å². The van der Waals surface area contributed by atoms with Crippen LogP contribution in [0.25, 0.3) is 0 Å². The minimum atomic E-state index is -0.678. The highest BCUT2D eigenvalue weighted by Gasteiger charge is 2.23. The van der Waals surface area contributed by atoms with Crippen LogP contribution >= 0.6 is 15.9 Å². The molecule has 0 radical (unpaired) electrons. The average molecular weight is 345 g/mol. The second-order valence-corrected chi connectivity index (χ2v) is 6.37. The van der Waals surface area contributed by atoms with Gasteiger partial charge in [0.2, 0.25) is 0 Å². The summed E-state index contributed by atoms with van der Waals surface area (Å²) >= 11 is 3.13. The zero-order chi connectivity index (χ0) is 15.5. The molecule has 0 saturated heterocycles. The molecule has 0 aliphatic heterocycles. The first-order valence-electron chi connectivity index (χ1n) is 6.03. The van der Waals surface area contributed by atoms with E-state index < -0.39 is 16.9 Å². The Kier molecular flexibility index (Phi) is 5.24. The molecule has 0 bridgehead atoms. The van der Waals surface area contributed by atoms with Crippen molar-refractivity contribution in [2.45, 2.75) is 26.9 Å². The topological polar surface area (TPSA) is 92.5 Å². The van der Waals surface area contributed by atoms with Gasteiger partial charge in [-0.25, -0.2) is 0 Å². The van der Waals surface area contributed by atoms with E-state index in [-0.39, 0.29) is 23.2 Å². The highest BCUT2D eigenvalue weighted by molar-refractivity contribution is 9.10. The molecule has 0 saturated carbocycles. The lowest BCUT2D eigenvalue weighted by Gasteiger charge is -2.25. The summed E-state index contributed by atoms with van der Waals surface area (Å²) in [4.78, 5) is 22.0. The number of aliphatic hydroxyl groups is 1. The molecule has 1 aromatic carbocycles. The second-order valence-electron chi connectivity index (χ2n) is 5.51. The predicted octanol–water partition coefficient (Wildman–Crippen LogP) is 2.49. The highest BCUT2D eigenvalue weighted by atomic mass is 79.9. The van der Waals surface area contributed by atoms with E-state index in [1.807, 2.05) is 20.8 Å². The molecule has 0 heterocycles. The third-order valence-corrected chi connectivity index (χ3v) is 3.52. The molecule has 7 heteroatoms. The number of nitro groups is 1. The van der Waals surface area contributed by atoms with E-state index >= 15 is 0 Å². The van der Waals surface area contributed by atoms with E-state index in [9.17, 15) is 20.0 Å². The van der Waals surface area contributed by atoms with Crippen LogP contribution < -0.4 is 5.32 Å². The number of rotatable bonds is 4. The number of nitrogens with zero attached hydrogens (tertiary/aromatic N) is 1. The number of hydrogen-bond acceptors (Lipinski definition) is 4. The molecule has 0 aliphatic rings. The van der Waals surface area contributed by atoms with Gasteiger partial charge < -0.3 is 10.4 Å². The van der Waals surface area contributed by atoms with E-state index in [0.717, 1.165) is 0 Å². The molecule has 1 aromatic rings. The fourth-order valence-electron chi connectivity index (χ4n) is 1.39. The number of hydrogen-bond donors (Lipinski definition) is 2. The molecule has 0 spiro atoms. The SMILES string of the molecule is CC(C)(C)C(O)CNC(=O)c1ccc([N+](=O)[O-])cc1Br. The normalized spacial score (nSPS) is 12.8. The van der Waals surface area contributed by atoms with Crippen LogP contribution in [0.15, 0.2) is 22.7 Å². The van der Waals surface area contributed by atoms with Gasteiger partial charge in [-0.3, -0.25) is 14.9 Å². The fourth-order valence-corrected chi connectivity index (χ4v) is 1.94. The fraction of sp³-hybridized carbons (Fsp3) is 0.462. The van der Waals surface area contributed by atoms with Crippen molar-refractivity contribution in [3.05, 3.63) is 38.3 Å². The van der Waals surface area contributed by atoms with Gasteiger partial charge in [-0.15, -0.1) is 0 Å². The lowest BCUT2D eigenvalue weighted by molar-refractivity contribution is -0.384. The first kappa shape index (κ1) is 16.6. The summed E-state index contributed by atoms with van der Waals surface area (Å²) in [6, 6.07) is 3.91. The number of amides is 1. The van der Waals surface area contributed by atoms with Crippen molar-refractivity contribution in [3.63, 3.8) is 0 Å². The summed E-state index contributed by atoms with van der Waals surface area (Å²) in [6.07, 6.45) is -0.678. The molecule has 6 nitrogen and oxygen atoms in total. The van der Waals surface area contributed by atoms with Crippen molar-refractivity contribution in [1.82, 2.24) is 5.32 Å². The summed E-state index contributed by atoms with van der Waals surface area (Å²) in [6.45, 7) is 5.72. The number of nitro benzene ring substituents is 1. The Morgan fingerprint density at radius 1 is 1.50 bits per heavy atom. The number of halogens is 1. The molecule has 20 heavy (non-hydrogen) atoms. The van der Waals surface area contributed by atoms with Gasteiger partial charge in [0.05, 0.1) is 16.6 Å². The number of carbonyl (C=O) groups is 1. The molecule has 0 aromatic heterocycles. The maximum absolute atomic E-state index is 12.0. The van der Waals surface area contributed by atoms with Crippen LogP contribution in [0.1, 0.15) is 31.1 Å². The first-order chi connectivity index (χ1) is 9.12. The molecule has 0 fully saturated rings. The van der Waals surface area contributed by atoms with Gasteiger partial charge >= 0.3 is 0 Å². The number of non-ortho nitro benzene ring substituents is 1. The van der Waals surface area contributed by atoms with Gasteiger partial charge in [0.15, 0.2) is 0 Å². The van der Waals surface area contributed by atoms with Crippen molar-refractivity contribution in [3.8, 4) is 0 Å². The number of aliphatic hydroxyl groups excluding tert-OH is 1. The summed E-state index contributed by atoms with van der Waals surface area (Å²) in [5, 5.41) is 23.1. The van der Waals surface area contributed by atoms with E-state index in [1.165, 1.54) is 18.2 Å².